The summed E-state index contributed by atoms with van der Waals surface area (Å²) in [5.74, 6) is 0.702. The zero-order chi connectivity index (χ0) is 15.4. The summed E-state index contributed by atoms with van der Waals surface area (Å²) < 4.78 is 0. The van der Waals surface area contributed by atoms with E-state index in [4.69, 9.17) is 5.26 Å². The average Bonchev–Trinajstić information content (AvgIpc) is 2.59. The lowest BCUT2D eigenvalue weighted by Crippen LogP contribution is -2.07. The van der Waals surface area contributed by atoms with E-state index in [1.54, 1.807) is 0 Å². The number of nitriles is 1. The third-order valence-corrected chi connectivity index (χ3v) is 4.45. The van der Waals surface area contributed by atoms with Crippen molar-refractivity contribution in [2.24, 2.45) is 5.92 Å². The lowest BCUT2D eigenvalue weighted by atomic mass is 9.85. The molecule has 0 N–H and O–H groups in total. The minimum absolute atomic E-state index is 0.702. The Morgan fingerprint density at radius 3 is 2.59 bits per heavy atom. The van der Waals surface area contributed by atoms with E-state index in [0.29, 0.717) is 11.5 Å². The first-order valence-electron chi connectivity index (χ1n) is 8.12. The molecule has 1 heteroatoms. The van der Waals surface area contributed by atoms with Crippen molar-refractivity contribution in [3.05, 3.63) is 65.2 Å². The fourth-order valence-corrected chi connectivity index (χ4v) is 3.11. The molecule has 1 atom stereocenters. The molecule has 2 aromatic carbocycles. The average molecular weight is 287 g/mol. The van der Waals surface area contributed by atoms with E-state index in [1.807, 2.05) is 24.3 Å². The fourth-order valence-electron chi connectivity index (χ4n) is 3.11. The molecule has 0 amide bonds. The lowest BCUT2D eigenvalue weighted by molar-refractivity contribution is 0.550. The van der Waals surface area contributed by atoms with Crippen LogP contribution in [-0.4, -0.2) is 0 Å². The number of unbranched alkanes of at least 4 members (excludes halogenated alkanes) is 1. The zero-order valence-corrected chi connectivity index (χ0v) is 13.0. The van der Waals surface area contributed by atoms with Crippen LogP contribution in [0.2, 0.25) is 0 Å². The molecule has 1 aliphatic rings. The molecule has 0 fully saturated rings. The minimum Gasteiger partial charge on any atom is -0.192 e. The Morgan fingerprint density at radius 1 is 1.09 bits per heavy atom. The number of allylic oxidation sites excluding steroid dienone is 1. The van der Waals surface area contributed by atoms with Crippen LogP contribution in [0.5, 0.6) is 0 Å². The molecule has 0 spiro atoms. The van der Waals surface area contributed by atoms with Gasteiger partial charge in [0.1, 0.15) is 0 Å². The first-order valence-corrected chi connectivity index (χ1v) is 8.12. The number of hydrogen-bond donors (Lipinski definition) is 0. The number of hydrogen-bond acceptors (Lipinski definition) is 1. The predicted molar refractivity (Wildman–Crippen MR) is 92.3 cm³/mol. The monoisotopic (exact) mass is 287 g/mol. The van der Waals surface area contributed by atoms with Crippen LogP contribution in [-0.2, 0) is 6.42 Å². The van der Waals surface area contributed by atoms with Crippen molar-refractivity contribution < 1.29 is 0 Å². The van der Waals surface area contributed by atoms with Crippen LogP contribution in [0.1, 0.15) is 42.9 Å². The highest BCUT2D eigenvalue weighted by atomic mass is 14.2. The molecule has 2 aromatic rings. The Balaban J connectivity index is 1.82. The van der Waals surface area contributed by atoms with Crippen LogP contribution in [0.4, 0.5) is 0 Å². The van der Waals surface area contributed by atoms with Crippen molar-refractivity contribution in [2.45, 2.75) is 32.6 Å². The quantitative estimate of drug-likeness (QED) is 0.718. The predicted octanol–water partition coefficient (Wildman–Crippen LogP) is 5.60. The molecule has 1 nitrogen and oxygen atoms in total. The summed E-state index contributed by atoms with van der Waals surface area (Å²) in [7, 11) is 0. The highest BCUT2D eigenvalue weighted by Gasteiger charge is 2.14. The third kappa shape index (κ3) is 3.12. The van der Waals surface area contributed by atoms with Crippen molar-refractivity contribution in [1.29, 1.82) is 5.26 Å². The molecular formula is C21H21N. The van der Waals surface area contributed by atoms with E-state index in [-0.39, 0.29) is 0 Å². The van der Waals surface area contributed by atoms with E-state index in [0.717, 1.165) is 0 Å². The Kier molecular flexibility index (Phi) is 4.39. The molecule has 0 bridgehead atoms. The Hall–Kier alpha value is -2.33. The molecule has 1 unspecified atom stereocenters. The SMILES string of the molecule is CCCCC1C=Cc2cc(-c3ccc(C#N)cc3)ccc2C1. The van der Waals surface area contributed by atoms with Gasteiger partial charge in [-0.25, -0.2) is 0 Å². The van der Waals surface area contributed by atoms with E-state index in [1.165, 1.54) is 47.9 Å². The van der Waals surface area contributed by atoms with E-state index in [9.17, 15) is 0 Å². The summed E-state index contributed by atoms with van der Waals surface area (Å²) in [6.07, 6.45) is 9.71. The summed E-state index contributed by atoms with van der Waals surface area (Å²) in [5, 5.41) is 8.88. The summed E-state index contributed by atoms with van der Waals surface area (Å²) in [6.45, 7) is 2.25. The van der Waals surface area contributed by atoms with Crippen molar-refractivity contribution in [1.82, 2.24) is 0 Å². The van der Waals surface area contributed by atoms with Gasteiger partial charge in [-0.05, 0) is 59.2 Å². The van der Waals surface area contributed by atoms with Crippen molar-refractivity contribution in [2.75, 3.05) is 0 Å². The van der Waals surface area contributed by atoms with Crippen molar-refractivity contribution in [3.63, 3.8) is 0 Å². The molecule has 0 heterocycles. The van der Waals surface area contributed by atoms with Crippen LogP contribution in [0, 0.1) is 17.2 Å². The van der Waals surface area contributed by atoms with E-state index >= 15 is 0 Å². The Morgan fingerprint density at radius 2 is 1.86 bits per heavy atom. The van der Waals surface area contributed by atoms with Gasteiger partial charge in [-0.15, -0.1) is 0 Å². The maximum Gasteiger partial charge on any atom is 0.0991 e. The molecule has 0 saturated carbocycles. The molecule has 0 saturated heterocycles. The van der Waals surface area contributed by atoms with E-state index in [2.05, 4.69) is 43.3 Å². The highest BCUT2D eigenvalue weighted by molar-refractivity contribution is 5.70. The summed E-state index contributed by atoms with van der Waals surface area (Å²) in [5.41, 5.74) is 5.90. The molecule has 3 rings (SSSR count). The second kappa shape index (κ2) is 6.62. The highest BCUT2D eigenvalue weighted by Crippen LogP contribution is 2.30. The van der Waals surface area contributed by atoms with Crippen molar-refractivity contribution in [3.8, 4) is 17.2 Å². The van der Waals surface area contributed by atoms with Crippen LogP contribution in [0.15, 0.2) is 48.5 Å². The molecule has 0 radical (unpaired) electrons. The normalized spacial score (nSPS) is 16.1. The van der Waals surface area contributed by atoms with E-state index < -0.39 is 0 Å². The van der Waals surface area contributed by atoms with Gasteiger partial charge >= 0.3 is 0 Å². The van der Waals surface area contributed by atoms with Gasteiger partial charge in [0.15, 0.2) is 0 Å². The lowest BCUT2D eigenvalue weighted by Gasteiger charge is -2.20. The van der Waals surface area contributed by atoms with Gasteiger partial charge in [-0.3, -0.25) is 0 Å². The van der Waals surface area contributed by atoms with Crippen LogP contribution < -0.4 is 0 Å². The van der Waals surface area contributed by atoms with Gasteiger partial charge in [0, 0.05) is 0 Å². The summed E-state index contributed by atoms with van der Waals surface area (Å²) in [4.78, 5) is 0. The Labute approximate surface area is 132 Å². The third-order valence-electron chi connectivity index (χ3n) is 4.45. The number of rotatable bonds is 4. The van der Waals surface area contributed by atoms with Crippen LogP contribution in [0.3, 0.4) is 0 Å². The molecule has 0 aliphatic heterocycles. The zero-order valence-electron chi connectivity index (χ0n) is 13.0. The smallest absolute Gasteiger partial charge is 0.0991 e. The summed E-state index contributed by atoms with van der Waals surface area (Å²) in [6, 6.07) is 16.7. The second-order valence-corrected chi connectivity index (χ2v) is 6.07. The first-order chi connectivity index (χ1) is 10.8. The molecule has 1 aliphatic carbocycles. The molecular weight excluding hydrogens is 266 g/mol. The van der Waals surface area contributed by atoms with Gasteiger partial charge in [0.05, 0.1) is 11.6 Å². The first kappa shape index (κ1) is 14.6. The van der Waals surface area contributed by atoms with Gasteiger partial charge in [-0.1, -0.05) is 56.2 Å². The number of fused-ring (bicyclic) bond motifs is 1. The second-order valence-electron chi connectivity index (χ2n) is 6.07. The Bertz CT molecular complexity index is 717. The maximum absolute atomic E-state index is 8.88. The maximum atomic E-state index is 8.88. The van der Waals surface area contributed by atoms with Crippen LogP contribution in [0.25, 0.3) is 17.2 Å². The summed E-state index contributed by atoms with van der Waals surface area (Å²) >= 11 is 0. The van der Waals surface area contributed by atoms with Crippen molar-refractivity contribution >= 4 is 6.08 Å². The number of nitrogens with zero attached hydrogens (tertiary/aromatic N) is 1. The van der Waals surface area contributed by atoms with Gasteiger partial charge in [0.25, 0.3) is 0 Å². The van der Waals surface area contributed by atoms with Crippen LogP contribution >= 0.6 is 0 Å². The van der Waals surface area contributed by atoms with Gasteiger partial charge in [-0.2, -0.15) is 5.26 Å². The van der Waals surface area contributed by atoms with Gasteiger partial charge < -0.3 is 0 Å². The minimum atomic E-state index is 0.702. The standard InChI is InChI=1S/C21H21N/c1-2-3-4-16-5-10-21-14-20(12-11-19(21)13-16)18-8-6-17(15-22)7-9-18/h5-12,14,16H,2-4,13H2,1H3. The molecule has 0 aromatic heterocycles. The molecule has 110 valence electrons. The largest absolute Gasteiger partial charge is 0.192 e. The topological polar surface area (TPSA) is 23.8 Å². The van der Waals surface area contributed by atoms with Gasteiger partial charge in [0.2, 0.25) is 0 Å². The molecule has 22 heavy (non-hydrogen) atoms. The fraction of sp³-hybridized carbons (Fsp3) is 0.286. The number of benzene rings is 2.